The van der Waals surface area contributed by atoms with E-state index in [0.29, 0.717) is 18.8 Å². The molecule has 2 heterocycles. The molecule has 1 aromatic heterocycles. The van der Waals surface area contributed by atoms with Gasteiger partial charge in [-0.15, -0.1) is 0 Å². The minimum atomic E-state index is -0.471. The first-order valence-electron chi connectivity index (χ1n) is 5.15. The highest BCUT2D eigenvalue weighted by molar-refractivity contribution is 5.90. The molecule has 0 unspecified atom stereocenters. The maximum Gasteiger partial charge on any atom is 0.181 e. The number of aromatic nitrogens is 1. The predicted octanol–water partition coefficient (Wildman–Crippen LogP) is 1.68. The van der Waals surface area contributed by atoms with Crippen molar-refractivity contribution in [3.63, 3.8) is 0 Å². The lowest BCUT2D eigenvalue weighted by atomic mass is 9.75. The maximum absolute atomic E-state index is 11.7. The van der Waals surface area contributed by atoms with Crippen LogP contribution < -0.4 is 0 Å². The van der Waals surface area contributed by atoms with Gasteiger partial charge in [0, 0.05) is 0 Å². The van der Waals surface area contributed by atoms with E-state index in [1.54, 1.807) is 6.92 Å². The molecule has 1 aliphatic heterocycles. The number of hydrogen-bond acceptors (Lipinski definition) is 4. The second-order valence-corrected chi connectivity index (χ2v) is 4.17. The van der Waals surface area contributed by atoms with Crippen molar-refractivity contribution in [1.29, 1.82) is 0 Å². The van der Waals surface area contributed by atoms with Crippen LogP contribution in [0.25, 0.3) is 11.1 Å². The number of benzene rings is 1. The van der Waals surface area contributed by atoms with Crippen molar-refractivity contribution in [2.24, 2.45) is 0 Å². The van der Waals surface area contributed by atoms with E-state index >= 15 is 0 Å². The van der Waals surface area contributed by atoms with Gasteiger partial charge >= 0.3 is 0 Å². The highest BCUT2D eigenvalue weighted by Gasteiger charge is 2.45. The first kappa shape index (κ1) is 9.54. The second-order valence-electron chi connectivity index (χ2n) is 4.17. The first-order chi connectivity index (χ1) is 7.72. The Labute approximate surface area is 92.2 Å². The molecule has 0 atom stereocenters. The van der Waals surface area contributed by atoms with Crippen LogP contribution >= 0.6 is 0 Å². The molecule has 4 nitrogen and oxygen atoms in total. The summed E-state index contributed by atoms with van der Waals surface area (Å²) in [6.45, 7) is 2.52. The number of hydrogen-bond donors (Lipinski definition) is 0. The molecule has 0 radical (unpaired) electrons. The third kappa shape index (κ3) is 1.13. The summed E-state index contributed by atoms with van der Waals surface area (Å²) in [4.78, 5) is 15.7. The number of Topliss-reactive ketones (excluding diaryl/α,β-unsaturated/α-hetero) is 1. The van der Waals surface area contributed by atoms with Crippen LogP contribution in [0.2, 0.25) is 0 Å². The maximum atomic E-state index is 11.7. The quantitative estimate of drug-likeness (QED) is 0.768. The van der Waals surface area contributed by atoms with Crippen molar-refractivity contribution in [1.82, 2.24) is 4.98 Å². The monoisotopic (exact) mass is 217 g/mol. The van der Waals surface area contributed by atoms with E-state index in [-0.39, 0.29) is 5.78 Å². The summed E-state index contributed by atoms with van der Waals surface area (Å²) in [5, 5.41) is 0. The Bertz CT molecular complexity index is 554. The zero-order chi connectivity index (χ0) is 11.2. The fourth-order valence-electron chi connectivity index (χ4n) is 2.03. The van der Waals surface area contributed by atoms with Gasteiger partial charge in [0.2, 0.25) is 0 Å². The number of nitrogens with zero attached hydrogens (tertiary/aromatic N) is 1. The Morgan fingerprint density at radius 3 is 2.88 bits per heavy atom. The van der Waals surface area contributed by atoms with Crippen molar-refractivity contribution < 1.29 is 13.9 Å². The van der Waals surface area contributed by atoms with Crippen LogP contribution in [0.5, 0.6) is 0 Å². The Kier molecular flexibility index (Phi) is 1.88. The molecule has 0 aliphatic carbocycles. The molecule has 0 amide bonds. The van der Waals surface area contributed by atoms with Gasteiger partial charge in [0.25, 0.3) is 0 Å². The summed E-state index contributed by atoms with van der Waals surface area (Å²) in [7, 11) is 0. The number of fused-ring (bicyclic) bond motifs is 1. The summed E-state index contributed by atoms with van der Waals surface area (Å²) in [6.07, 6.45) is 1.41. The number of ether oxygens (including phenoxy) is 1. The number of oxazole rings is 1. The van der Waals surface area contributed by atoms with Gasteiger partial charge in [-0.3, -0.25) is 4.79 Å². The van der Waals surface area contributed by atoms with Crippen LogP contribution in [0.3, 0.4) is 0 Å². The van der Waals surface area contributed by atoms with E-state index in [1.165, 1.54) is 6.39 Å². The van der Waals surface area contributed by atoms with Gasteiger partial charge in [-0.2, -0.15) is 0 Å². The molecule has 0 bridgehead atoms. The summed E-state index contributed by atoms with van der Waals surface area (Å²) < 4.78 is 10.4. The molecule has 1 saturated heterocycles. The molecular weight excluding hydrogens is 206 g/mol. The third-order valence-electron chi connectivity index (χ3n) is 3.25. The third-order valence-corrected chi connectivity index (χ3v) is 3.25. The molecule has 2 aromatic rings. The molecule has 4 heteroatoms. The minimum Gasteiger partial charge on any atom is -0.443 e. The average Bonchev–Trinajstić information content (AvgIpc) is 2.62. The lowest BCUT2D eigenvalue weighted by Crippen LogP contribution is -2.52. The Hall–Kier alpha value is -1.68. The number of carbonyl (C=O) groups is 1. The molecule has 1 fully saturated rings. The number of ketones is 1. The standard InChI is InChI=1S/C12H11NO3/c1-8(14)12(5-15-6-12)9-2-3-10-11(4-9)16-7-13-10/h2-4,7H,5-6H2,1H3. The Morgan fingerprint density at radius 1 is 1.44 bits per heavy atom. The van der Waals surface area contributed by atoms with E-state index in [4.69, 9.17) is 9.15 Å². The van der Waals surface area contributed by atoms with Crippen LogP contribution in [0.4, 0.5) is 0 Å². The molecule has 1 aliphatic rings. The van der Waals surface area contributed by atoms with Crippen LogP contribution in [-0.2, 0) is 14.9 Å². The van der Waals surface area contributed by atoms with E-state index < -0.39 is 5.41 Å². The lowest BCUT2D eigenvalue weighted by molar-refractivity contribution is -0.140. The highest BCUT2D eigenvalue weighted by Crippen LogP contribution is 2.34. The number of rotatable bonds is 2. The van der Waals surface area contributed by atoms with Crippen LogP contribution in [0.1, 0.15) is 12.5 Å². The summed E-state index contributed by atoms with van der Waals surface area (Å²) in [6, 6.07) is 5.68. The van der Waals surface area contributed by atoms with Gasteiger partial charge in [0.15, 0.2) is 12.0 Å². The Balaban J connectivity index is 2.14. The van der Waals surface area contributed by atoms with Crippen molar-refractivity contribution in [2.75, 3.05) is 13.2 Å². The zero-order valence-corrected chi connectivity index (χ0v) is 8.90. The zero-order valence-electron chi connectivity index (χ0n) is 8.90. The molecule has 3 rings (SSSR count). The van der Waals surface area contributed by atoms with E-state index in [9.17, 15) is 4.79 Å². The van der Waals surface area contributed by atoms with E-state index in [1.807, 2.05) is 18.2 Å². The van der Waals surface area contributed by atoms with Crippen LogP contribution in [0, 0.1) is 0 Å². The molecule has 0 saturated carbocycles. The first-order valence-corrected chi connectivity index (χ1v) is 5.15. The fraction of sp³-hybridized carbons (Fsp3) is 0.333. The van der Waals surface area contributed by atoms with Crippen molar-refractivity contribution in [3.05, 3.63) is 30.2 Å². The SMILES string of the molecule is CC(=O)C1(c2ccc3ncoc3c2)COC1. The van der Waals surface area contributed by atoms with Gasteiger partial charge < -0.3 is 9.15 Å². The summed E-state index contributed by atoms with van der Waals surface area (Å²) >= 11 is 0. The summed E-state index contributed by atoms with van der Waals surface area (Å²) in [5.74, 6) is 0.137. The normalized spacial score (nSPS) is 18.3. The topological polar surface area (TPSA) is 52.3 Å². The lowest BCUT2D eigenvalue weighted by Gasteiger charge is -2.39. The molecule has 0 N–H and O–H groups in total. The molecule has 0 spiro atoms. The Morgan fingerprint density at radius 2 is 2.25 bits per heavy atom. The predicted molar refractivity (Wildman–Crippen MR) is 57.2 cm³/mol. The largest absolute Gasteiger partial charge is 0.443 e. The van der Waals surface area contributed by atoms with E-state index in [2.05, 4.69) is 4.98 Å². The molecule has 16 heavy (non-hydrogen) atoms. The van der Waals surface area contributed by atoms with Crippen LogP contribution in [-0.4, -0.2) is 24.0 Å². The summed E-state index contributed by atoms with van der Waals surface area (Å²) in [5.41, 5.74) is 2.00. The second kappa shape index (κ2) is 3.15. The van der Waals surface area contributed by atoms with Crippen LogP contribution in [0.15, 0.2) is 29.0 Å². The molecule has 82 valence electrons. The molecule has 1 aromatic carbocycles. The van der Waals surface area contributed by atoms with Gasteiger partial charge in [0.05, 0.1) is 13.2 Å². The van der Waals surface area contributed by atoms with Crippen molar-refractivity contribution in [2.45, 2.75) is 12.3 Å². The van der Waals surface area contributed by atoms with Crippen molar-refractivity contribution >= 4 is 16.9 Å². The van der Waals surface area contributed by atoms with E-state index in [0.717, 1.165) is 11.1 Å². The van der Waals surface area contributed by atoms with Gasteiger partial charge in [-0.1, -0.05) is 6.07 Å². The highest BCUT2D eigenvalue weighted by atomic mass is 16.5. The van der Waals surface area contributed by atoms with Gasteiger partial charge in [0.1, 0.15) is 16.7 Å². The number of carbonyl (C=O) groups excluding carboxylic acids is 1. The van der Waals surface area contributed by atoms with Crippen molar-refractivity contribution in [3.8, 4) is 0 Å². The smallest absolute Gasteiger partial charge is 0.181 e. The van der Waals surface area contributed by atoms with Gasteiger partial charge in [-0.05, 0) is 24.6 Å². The molecular formula is C12H11NO3. The fourth-order valence-corrected chi connectivity index (χ4v) is 2.03. The average molecular weight is 217 g/mol. The minimum absolute atomic E-state index is 0.137. The van der Waals surface area contributed by atoms with Gasteiger partial charge in [-0.25, -0.2) is 4.98 Å².